The molecule has 2 aromatic rings. The zero-order chi connectivity index (χ0) is 17.1. The number of thiophene rings is 1. The van der Waals surface area contributed by atoms with Crippen molar-refractivity contribution in [3.8, 4) is 0 Å². The van der Waals surface area contributed by atoms with Crippen LogP contribution in [-0.4, -0.2) is 40.5 Å². The molecule has 126 valence electrons. The summed E-state index contributed by atoms with van der Waals surface area (Å²) in [7, 11) is 1.62. The molecule has 0 aliphatic carbocycles. The van der Waals surface area contributed by atoms with Crippen LogP contribution in [0.4, 0.5) is 0 Å². The summed E-state index contributed by atoms with van der Waals surface area (Å²) in [5.74, 6) is -1.03. The maximum atomic E-state index is 11.7. The number of pyridine rings is 1. The Morgan fingerprint density at radius 3 is 3.00 bits per heavy atom. The summed E-state index contributed by atoms with van der Waals surface area (Å²) in [6.07, 6.45) is 3.68. The first-order chi connectivity index (χ1) is 11.6. The maximum Gasteiger partial charge on any atom is 0.337 e. The lowest BCUT2D eigenvalue weighted by molar-refractivity contribution is 0.0693. The summed E-state index contributed by atoms with van der Waals surface area (Å²) >= 11 is 1.50. The van der Waals surface area contributed by atoms with Gasteiger partial charge in [-0.2, -0.15) is 0 Å². The largest absolute Gasteiger partial charge is 0.478 e. The first kappa shape index (κ1) is 16.6. The third kappa shape index (κ3) is 3.32. The van der Waals surface area contributed by atoms with Gasteiger partial charge in [-0.1, -0.05) is 0 Å². The minimum absolute atomic E-state index is 0.0753. The van der Waals surface area contributed by atoms with Gasteiger partial charge in [-0.25, -0.2) is 4.79 Å². The van der Waals surface area contributed by atoms with Gasteiger partial charge >= 0.3 is 5.97 Å². The molecule has 1 aliphatic heterocycles. The Labute approximate surface area is 144 Å². The fourth-order valence-electron chi connectivity index (χ4n) is 3.07. The zero-order valence-electron chi connectivity index (χ0n) is 13.4. The lowest BCUT2D eigenvalue weighted by Gasteiger charge is -2.23. The van der Waals surface area contributed by atoms with Gasteiger partial charge in [0.1, 0.15) is 0 Å². The number of carboxylic acids is 1. The van der Waals surface area contributed by atoms with Crippen molar-refractivity contribution in [1.82, 2.24) is 15.2 Å². The highest BCUT2D eigenvalue weighted by atomic mass is 32.1. The quantitative estimate of drug-likeness (QED) is 0.870. The number of aromatic nitrogens is 1. The van der Waals surface area contributed by atoms with Gasteiger partial charge in [-0.3, -0.25) is 14.7 Å². The van der Waals surface area contributed by atoms with Crippen molar-refractivity contribution in [1.29, 1.82) is 0 Å². The first-order valence-electron chi connectivity index (χ1n) is 7.83. The number of nitrogens with one attached hydrogen (secondary N) is 1. The molecular weight excluding hydrogens is 326 g/mol. The predicted molar refractivity (Wildman–Crippen MR) is 91.3 cm³/mol. The van der Waals surface area contributed by atoms with Gasteiger partial charge in [0, 0.05) is 30.7 Å². The highest BCUT2D eigenvalue weighted by Gasteiger charge is 2.29. The van der Waals surface area contributed by atoms with E-state index in [-0.39, 0.29) is 17.5 Å². The molecule has 24 heavy (non-hydrogen) atoms. The van der Waals surface area contributed by atoms with Gasteiger partial charge in [0.15, 0.2) is 0 Å². The van der Waals surface area contributed by atoms with Crippen molar-refractivity contribution in [3.63, 3.8) is 0 Å². The van der Waals surface area contributed by atoms with E-state index in [2.05, 4.69) is 15.2 Å². The second kappa shape index (κ2) is 7.11. The van der Waals surface area contributed by atoms with Gasteiger partial charge in [0.2, 0.25) is 0 Å². The Balaban J connectivity index is 1.80. The monoisotopic (exact) mass is 345 g/mol. The van der Waals surface area contributed by atoms with Crippen molar-refractivity contribution in [2.24, 2.45) is 0 Å². The molecule has 1 atom stereocenters. The molecule has 3 heterocycles. The molecular formula is C17H19N3O3S. The average molecular weight is 345 g/mol. The Kier molecular flexibility index (Phi) is 4.92. The highest BCUT2D eigenvalue weighted by Crippen LogP contribution is 2.36. The molecule has 2 aromatic heterocycles. The molecule has 0 spiro atoms. The normalized spacial score (nSPS) is 17.8. The number of nitrogens with zero attached hydrogens (tertiary/aromatic N) is 2. The minimum Gasteiger partial charge on any atom is -0.478 e. The van der Waals surface area contributed by atoms with E-state index in [0.717, 1.165) is 24.3 Å². The number of carbonyl (C=O) groups excluding carboxylic acids is 1. The summed E-state index contributed by atoms with van der Waals surface area (Å²) < 4.78 is 0. The number of likely N-dealkylation sites (tertiary alicyclic amines) is 1. The summed E-state index contributed by atoms with van der Waals surface area (Å²) in [5, 5.41) is 12.0. The van der Waals surface area contributed by atoms with Crippen LogP contribution in [0.25, 0.3) is 0 Å². The lowest BCUT2D eigenvalue weighted by atomic mass is 10.1. The second-order valence-electron chi connectivity index (χ2n) is 5.71. The van der Waals surface area contributed by atoms with Crippen molar-refractivity contribution in [3.05, 3.63) is 51.5 Å². The van der Waals surface area contributed by atoms with Crippen LogP contribution in [0, 0.1) is 0 Å². The van der Waals surface area contributed by atoms with Gasteiger partial charge in [-0.05, 0) is 43.7 Å². The Morgan fingerprint density at radius 1 is 1.42 bits per heavy atom. The molecule has 1 amide bonds. The molecule has 0 unspecified atom stereocenters. The van der Waals surface area contributed by atoms with E-state index in [0.29, 0.717) is 17.1 Å². The molecule has 2 N–H and O–H groups in total. The van der Waals surface area contributed by atoms with E-state index in [1.54, 1.807) is 25.4 Å². The first-order valence-corrected chi connectivity index (χ1v) is 8.65. The molecule has 1 aliphatic rings. The molecule has 3 rings (SSSR count). The number of hydrogen-bond acceptors (Lipinski definition) is 5. The van der Waals surface area contributed by atoms with Gasteiger partial charge in [0.05, 0.1) is 16.1 Å². The molecule has 1 saturated heterocycles. The van der Waals surface area contributed by atoms with Gasteiger partial charge in [0.25, 0.3) is 5.91 Å². The Bertz CT molecular complexity index is 759. The van der Waals surface area contributed by atoms with Crippen LogP contribution in [0.1, 0.15) is 49.5 Å². The summed E-state index contributed by atoms with van der Waals surface area (Å²) in [6.45, 7) is 1.40. The van der Waals surface area contributed by atoms with Gasteiger partial charge < -0.3 is 10.4 Å². The van der Waals surface area contributed by atoms with E-state index in [1.807, 2.05) is 12.1 Å². The summed E-state index contributed by atoms with van der Waals surface area (Å²) in [6, 6.07) is 7.28. The number of carbonyl (C=O) groups is 2. The molecule has 0 aromatic carbocycles. The Morgan fingerprint density at radius 2 is 2.25 bits per heavy atom. The van der Waals surface area contributed by atoms with Crippen LogP contribution < -0.4 is 5.32 Å². The Hall–Kier alpha value is -2.25. The smallest absolute Gasteiger partial charge is 0.337 e. The summed E-state index contributed by atoms with van der Waals surface area (Å²) in [4.78, 5) is 31.4. The maximum absolute atomic E-state index is 11.7. The molecule has 7 heteroatoms. The number of aromatic carboxylic acids is 1. The number of rotatable bonds is 5. The van der Waals surface area contributed by atoms with E-state index in [9.17, 15) is 14.7 Å². The predicted octanol–water partition coefficient (Wildman–Crippen LogP) is 2.54. The van der Waals surface area contributed by atoms with Crippen LogP contribution in [0.5, 0.6) is 0 Å². The summed E-state index contributed by atoms with van der Waals surface area (Å²) in [5.41, 5.74) is 0.834. The molecule has 0 bridgehead atoms. The number of amides is 1. The average Bonchev–Trinajstić information content (AvgIpc) is 3.23. The fourth-order valence-corrected chi connectivity index (χ4v) is 4.19. The third-order valence-corrected chi connectivity index (χ3v) is 5.43. The topological polar surface area (TPSA) is 82.5 Å². The standard InChI is InChI=1S/C17H19N3O3S/c1-18-16(21)15-7-6-14(24-15)13-5-3-9-20(13)10-12-11(17(22)23)4-2-8-19-12/h2,4,6-8,13H,3,5,9-10H2,1H3,(H,18,21)(H,22,23)/t13-/m0/s1. The van der Waals surface area contributed by atoms with Crippen LogP contribution in [0.15, 0.2) is 30.5 Å². The van der Waals surface area contributed by atoms with Crippen molar-refractivity contribution in [2.45, 2.75) is 25.4 Å². The SMILES string of the molecule is CNC(=O)c1ccc([C@@H]2CCCN2Cc2ncccc2C(=O)O)s1. The van der Waals surface area contributed by atoms with Crippen molar-refractivity contribution >= 4 is 23.2 Å². The number of hydrogen-bond donors (Lipinski definition) is 2. The van der Waals surface area contributed by atoms with Crippen LogP contribution >= 0.6 is 11.3 Å². The van der Waals surface area contributed by atoms with E-state index in [1.165, 1.54) is 11.3 Å². The fraction of sp³-hybridized carbons (Fsp3) is 0.353. The van der Waals surface area contributed by atoms with E-state index < -0.39 is 5.97 Å². The van der Waals surface area contributed by atoms with Crippen molar-refractivity contribution in [2.75, 3.05) is 13.6 Å². The molecule has 6 nitrogen and oxygen atoms in total. The van der Waals surface area contributed by atoms with Crippen LogP contribution in [-0.2, 0) is 6.54 Å². The molecule has 0 radical (unpaired) electrons. The second-order valence-corrected chi connectivity index (χ2v) is 6.83. The third-order valence-electron chi connectivity index (χ3n) is 4.24. The van der Waals surface area contributed by atoms with Crippen molar-refractivity contribution < 1.29 is 14.7 Å². The van der Waals surface area contributed by atoms with E-state index in [4.69, 9.17) is 0 Å². The van der Waals surface area contributed by atoms with Crippen LogP contribution in [0.2, 0.25) is 0 Å². The molecule has 0 saturated carbocycles. The molecule has 1 fully saturated rings. The van der Waals surface area contributed by atoms with E-state index >= 15 is 0 Å². The zero-order valence-corrected chi connectivity index (χ0v) is 14.2. The van der Waals surface area contributed by atoms with Crippen LogP contribution in [0.3, 0.4) is 0 Å². The highest BCUT2D eigenvalue weighted by molar-refractivity contribution is 7.14. The minimum atomic E-state index is -0.952. The van der Waals surface area contributed by atoms with Gasteiger partial charge in [-0.15, -0.1) is 11.3 Å². The number of carboxylic acid groups (broad SMARTS) is 1. The lowest BCUT2D eigenvalue weighted by Crippen LogP contribution is -2.24.